The lowest BCUT2D eigenvalue weighted by Crippen LogP contribution is -2.43. The minimum Gasteiger partial charge on any atom is -0.461 e. The number of carbonyl (C=O) groups excluding carboxylic acids is 1. The number of hydrogen-bond acceptors (Lipinski definition) is 9. The third kappa shape index (κ3) is 6.28. The molecule has 0 radical (unpaired) electrons. The van der Waals surface area contributed by atoms with Gasteiger partial charge in [0.2, 0.25) is 0 Å². The van der Waals surface area contributed by atoms with Crippen LogP contribution in [0.2, 0.25) is 5.02 Å². The molecule has 53 heavy (non-hydrogen) atoms. The number of amides is 1. The summed E-state index contributed by atoms with van der Waals surface area (Å²) < 4.78 is 73.9. The molecule has 3 saturated heterocycles. The van der Waals surface area contributed by atoms with Gasteiger partial charge in [-0.1, -0.05) is 29.7 Å². The van der Waals surface area contributed by atoms with Crippen LogP contribution in [0.15, 0.2) is 18.2 Å². The van der Waals surface area contributed by atoms with E-state index in [4.69, 9.17) is 36.8 Å². The maximum atomic E-state index is 15.8. The van der Waals surface area contributed by atoms with E-state index in [1.807, 2.05) is 4.90 Å². The molecule has 1 amide bonds. The van der Waals surface area contributed by atoms with Gasteiger partial charge in [-0.05, 0) is 51.6 Å². The number of hydrogen-bond donors (Lipinski definition) is 1. The molecular weight excluding hydrogens is 716 g/mol. The van der Waals surface area contributed by atoms with Gasteiger partial charge in [-0.25, -0.2) is 4.39 Å². The molecule has 0 spiro atoms. The molecule has 2 aromatic heterocycles. The maximum Gasteiger partial charge on any atom is 0.418 e. The molecule has 16 heteroatoms. The van der Waals surface area contributed by atoms with Crippen molar-refractivity contribution in [2.45, 2.75) is 83.0 Å². The Morgan fingerprint density at radius 2 is 1.96 bits per heavy atom. The number of likely N-dealkylation sites (tertiary alicyclic amines) is 1. The number of anilines is 2. The fourth-order valence-electron chi connectivity index (χ4n) is 8.40. The Morgan fingerprint density at radius 3 is 2.70 bits per heavy atom. The third-order valence-electron chi connectivity index (χ3n) is 11.0. The molecule has 3 aromatic rings. The maximum absolute atomic E-state index is 15.8. The van der Waals surface area contributed by atoms with Gasteiger partial charge in [0.05, 0.1) is 52.5 Å². The second-order valence-electron chi connectivity index (χ2n) is 14.5. The van der Waals surface area contributed by atoms with Crippen LogP contribution in [0.1, 0.15) is 89.3 Å². The first-order valence-corrected chi connectivity index (χ1v) is 18.2. The smallest absolute Gasteiger partial charge is 0.418 e. The standard InChI is InChI=1S/C37H39ClF4N8O3/c1-3-7-22-14-24(43)31(39)28(29(22)37(40,41)42)27-15-25-23(19-52-27)33(45-35(44-25)53-20-36-8-4-12-49(36)17-21(2)16-36)48-11-6-13-50-26(18-48)30(38)32(46-50)34(51)47-9-5-10-47/h14,27H,2,4-6,8-13,15-20,43H2,1H3/t27-,36-/m0/s1. The quantitative estimate of drug-likeness (QED) is 0.147. The van der Waals surface area contributed by atoms with Gasteiger partial charge in [0, 0.05) is 55.8 Å². The number of ether oxygens (including phenoxy) is 2. The van der Waals surface area contributed by atoms with Crippen molar-refractivity contribution in [2.24, 2.45) is 0 Å². The number of aryl methyl sites for hydroxylation is 1. The Balaban J connectivity index is 1.18. The van der Waals surface area contributed by atoms with Crippen molar-refractivity contribution in [1.82, 2.24) is 29.5 Å². The topological polar surface area (TPSA) is 115 Å². The van der Waals surface area contributed by atoms with E-state index in [1.54, 1.807) is 9.58 Å². The molecule has 280 valence electrons. The zero-order valence-corrected chi connectivity index (χ0v) is 30.0. The summed E-state index contributed by atoms with van der Waals surface area (Å²) in [5.41, 5.74) is 5.72. The van der Waals surface area contributed by atoms with Crippen molar-refractivity contribution >= 4 is 29.0 Å². The highest BCUT2D eigenvalue weighted by atomic mass is 35.5. The van der Waals surface area contributed by atoms with Crippen LogP contribution in [0.4, 0.5) is 29.1 Å². The number of nitrogen functional groups attached to an aromatic ring is 1. The summed E-state index contributed by atoms with van der Waals surface area (Å²) in [6, 6.07) is 0.958. The molecule has 0 aliphatic carbocycles. The van der Waals surface area contributed by atoms with E-state index in [0.717, 1.165) is 50.4 Å². The van der Waals surface area contributed by atoms with Crippen LogP contribution >= 0.6 is 11.6 Å². The van der Waals surface area contributed by atoms with Crippen LogP contribution in [0.3, 0.4) is 0 Å². The van der Waals surface area contributed by atoms with Gasteiger partial charge < -0.3 is 25.0 Å². The van der Waals surface area contributed by atoms with Crippen molar-refractivity contribution in [3.8, 4) is 17.9 Å². The number of nitrogens with zero attached hydrogens (tertiary/aromatic N) is 7. The van der Waals surface area contributed by atoms with Gasteiger partial charge in [0.15, 0.2) is 11.5 Å². The Hall–Kier alpha value is -4.39. The largest absolute Gasteiger partial charge is 0.461 e. The average Bonchev–Trinajstić information content (AvgIpc) is 3.65. The molecule has 8 rings (SSSR count). The molecule has 2 N–H and O–H groups in total. The molecule has 0 unspecified atom stereocenters. The predicted octanol–water partition coefficient (Wildman–Crippen LogP) is 5.68. The van der Waals surface area contributed by atoms with Crippen LogP contribution in [0, 0.1) is 17.7 Å². The Labute approximate surface area is 309 Å². The number of halogens is 5. The lowest BCUT2D eigenvalue weighted by atomic mass is 9.91. The fraction of sp³-hybridized carbons (Fsp3) is 0.514. The molecule has 2 atom stereocenters. The number of alkyl halides is 3. The van der Waals surface area contributed by atoms with Gasteiger partial charge >= 0.3 is 12.2 Å². The van der Waals surface area contributed by atoms with E-state index >= 15 is 4.39 Å². The zero-order chi connectivity index (χ0) is 37.2. The van der Waals surface area contributed by atoms with Crippen molar-refractivity contribution in [2.75, 3.05) is 50.0 Å². The SMILES string of the molecule is C=C1CN2CCC[C@@]2(COc2nc3c(c(N4CCCn5nc(C(=O)N6CCC6)c(Cl)c5C4)n2)CO[C@H](c2c(F)c(N)cc(C#CC)c2C(F)(F)F)C3)C1. The summed E-state index contributed by atoms with van der Waals surface area (Å²) in [4.78, 5) is 28.8. The summed E-state index contributed by atoms with van der Waals surface area (Å²) >= 11 is 6.85. The number of carbonyl (C=O) groups is 1. The molecular formula is C37H39ClF4N8O3. The van der Waals surface area contributed by atoms with Crippen molar-refractivity contribution < 1.29 is 31.8 Å². The molecule has 1 aromatic carbocycles. The predicted molar refractivity (Wildman–Crippen MR) is 188 cm³/mol. The Bertz CT molecular complexity index is 2070. The highest BCUT2D eigenvalue weighted by Crippen LogP contribution is 2.45. The Kier molecular flexibility index (Phi) is 9.06. The lowest BCUT2D eigenvalue weighted by Gasteiger charge is -2.33. The first-order valence-electron chi connectivity index (χ1n) is 17.8. The van der Waals surface area contributed by atoms with Crippen molar-refractivity contribution in [1.29, 1.82) is 0 Å². The van der Waals surface area contributed by atoms with Crippen LogP contribution < -0.4 is 15.4 Å². The second kappa shape index (κ2) is 13.5. The number of benzene rings is 1. The van der Waals surface area contributed by atoms with E-state index in [0.29, 0.717) is 62.0 Å². The van der Waals surface area contributed by atoms with Gasteiger partial charge in [0.1, 0.15) is 12.4 Å². The summed E-state index contributed by atoms with van der Waals surface area (Å²) in [5, 5.41) is 4.86. The average molecular weight is 755 g/mol. The third-order valence-corrected chi connectivity index (χ3v) is 11.4. The minimum atomic E-state index is -4.94. The molecule has 0 bridgehead atoms. The van der Waals surface area contributed by atoms with Crippen molar-refractivity contribution in [3.63, 3.8) is 0 Å². The van der Waals surface area contributed by atoms with E-state index in [-0.39, 0.29) is 47.7 Å². The number of aromatic nitrogens is 4. The number of nitrogens with two attached hydrogens (primary N) is 1. The van der Waals surface area contributed by atoms with E-state index < -0.39 is 40.5 Å². The second-order valence-corrected chi connectivity index (χ2v) is 14.8. The molecule has 5 aliphatic rings. The number of fused-ring (bicyclic) bond motifs is 3. The van der Waals surface area contributed by atoms with Gasteiger partial charge in [-0.3, -0.25) is 14.4 Å². The van der Waals surface area contributed by atoms with Gasteiger partial charge in [-0.2, -0.15) is 28.2 Å². The number of rotatable bonds is 6. The summed E-state index contributed by atoms with van der Waals surface area (Å²) in [6.07, 6.45) is -2.25. The molecule has 3 fully saturated rings. The first-order chi connectivity index (χ1) is 25.4. The summed E-state index contributed by atoms with van der Waals surface area (Å²) in [6.45, 7) is 9.99. The summed E-state index contributed by atoms with van der Waals surface area (Å²) in [7, 11) is 0. The Morgan fingerprint density at radius 1 is 1.17 bits per heavy atom. The van der Waals surface area contributed by atoms with Crippen molar-refractivity contribution in [3.05, 3.63) is 68.4 Å². The van der Waals surface area contributed by atoms with Crippen LogP contribution in [-0.4, -0.2) is 80.3 Å². The van der Waals surface area contributed by atoms with Crippen LogP contribution in [-0.2, 0) is 37.0 Å². The van der Waals surface area contributed by atoms with E-state index in [1.165, 1.54) is 6.92 Å². The molecule has 5 aliphatic heterocycles. The van der Waals surface area contributed by atoms with Gasteiger partial charge in [0.25, 0.3) is 5.91 Å². The fourth-order valence-corrected chi connectivity index (χ4v) is 8.67. The minimum absolute atomic E-state index is 0.0530. The van der Waals surface area contributed by atoms with E-state index in [9.17, 15) is 18.0 Å². The first kappa shape index (κ1) is 35.6. The zero-order valence-electron chi connectivity index (χ0n) is 29.3. The monoisotopic (exact) mass is 754 g/mol. The highest BCUT2D eigenvalue weighted by molar-refractivity contribution is 6.34. The normalized spacial score (nSPS) is 22.8. The van der Waals surface area contributed by atoms with Crippen LogP contribution in [0.25, 0.3) is 0 Å². The molecule has 11 nitrogen and oxygen atoms in total. The van der Waals surface area contributed by atoms with E-state index in [2.05, 4.69) is 28.4 Å². The molecule has 0 saturated carbocycles. The summed E-state index contributed by atoms with van der Waals surface area (Å²) in [5.74, 6) is 3.95. The van der Waals surface area contributed by atoms with Gasteiger partial charge in [-0.15, -0.1) is 5.92 Å². The lowest BCUT2D eigenvalue weighted by molar-refractivity contribution is -0.140. The van der Waals surface area contributed by atoms with Crippen LogP contribution in [0.5, 0.6) is 6.01 Å². The highest BCUT2D eigenvalue weighted by Gasteiger charge is 2.47. The molecule has 7 heterocycles.